The third-order valence-corrected chi connectivity index (χ3v) is 8.78. The summed E-state index contributed by atoms with van der Waals surface area (Å²) in [7, 11) is 0. The standard InChI is InChI=1S/C19H22NO3PS2/c1-3-13-26-24(25,21-4-2)23-19(15-20)16-9-8-12-18(14-16)22-17-10-6-5-7-11-17/h5-12,14,19H,3-4,13H2,1-2H3. The van der Waals surface area contributed by atoms with E-state index in [2.05, 4.69) is 13.0 Å². The minimum absolute atomic E-state index is 0.462. The molecule has 0 aliphatic heterocycles. The Labute approximate surface area is 164 Å². The highest BCUT2D eigenvalue weighted by atomic mass is 32.9. The molecule has 2 rings (SSSR count). The van der Waals surface area contributed by atoms with Gasteiger partial charge < -0.3 is 9.26 Å². The number of hydrogen-bond donors (Lipinski definition) is 0. The van der Waals surface area contributed by atoms with E-state index in [0.29, 0.717) is 17.9 Å². The largest absolute Gasteiger partial charge is 0.457 e. The predicted molar refractivity (Wildman–Crippen MR) is 111 cm³/mol. The van der Waals surface area contributed by atoms with Crippen LogP contribution in [0, 0.1) is 11.3 Å². The topological polar surface area (TPSA) is 51.5 Å². The summed E-state index contributed by atoms with van der Waals surface area (Å²) in [5, 5.41) is 9.61. The number of ether oxygens (including phenoxy) is 1. The Bertz CT molecular complexity index is 780. The maximum atomic E-state index is 9.61. The second-order valence-electron chi connectivity index (χ2n) is 5.30. The lowest BCUT2D eigenvalue weighted by atomic mass is 10.1. The molecule has 0 spiro atoms. The smallest absolute Gasteiger partial charge is 0.248 e. The molecular formula is C19H22NO3PS2. The van der Waals surface area contributed by atoms with Gasteiger partial charge in [0.15, 0.2) is 6.10 Å². The van der Waals surface area contributed by atoms with Gasteiger partial charge in [-0.15, -0.1) is 0 Å². The highest BCUT2D eigenvalue weighted by molar-refractivity contribution is 8.67. The fourth-order valence-electron chi connectivity index (χ4n) is 2.11. The second kappa shape index (κ2) is 10.7. The first-order chi connectivity index (χ1) is 12.6. The van der Waals surface area contributed by atoms with Gasteiger partial charge in [0.2, 0.25) is 5.69 Å². The SMILES string of the molecule is CCCSP(=S)(OCC)OC(C#N)c1cccc(Oc2ccccc2)c1. The first-order valence-electron chi connectivity index (χ1n) is 8.40. The van der Waals surface area contributed by atoms with Crippen molar-refractivity contribution in [2.75, 3.05) is 12.4 Å². The van der Waals surface area contributed by atoms with Crippen LogP contribution in [0.4, 0.5) is 0 Å². The van der Waals surface area contributed by atoms with E-state index in [4.69, 9.17) is 25.6 Å². The molecule has 0 heterocycles. The molecule has 0 aliphatic rings. The van der Waals surface area contributed by atoms with Gasteiger partial charge in [-0.1, -0.05) is 48.6 Å². The lowest BCUT2D eigenvalue weighted by Gasteiger charge is -2.23. The summed E-state index contributed by atoms with van der Waals surface area (Å²) in [5.41, 5.74) is -1.87. The zero-order valence-electron chi connectivity index (χ0n) is 14.8. The predicted octanol–water partition coefficient (Wildman–Crippen LogP) is 6.46. The molecule has 2 aromatic carbocycles. The van der Waals surface area contributed by atoms with Crippen molar-refractivity contribution in [3.63, 3.8) is 0 Å². The summed E-state index contributed by atoms with van der Waals surface area (Å²) in [6.45, 7) is 4.42. The van der Waals surface area contributed by atoms with Crippen LogP contribution in [-0.4, -0.2) is 12.4 Å². The van der Waals surface area contributed by atoms with E-state index in [9.17, 15) is 5.26 Å². The Balaban J connectivity index is 2.17. The third kappa shape index (κ3) is 6.42. The average molecular weight is 407 g/mol. The molecule has 2 aromatic rings. The van der Waals surface area contributed by atoms with Crippen LogP contribution >= 0.6 is 17.1 Å². The number of para-hydroxylation sites is 1. The van der Waals surface area contributed by atoms with Crippen LogP contribution in [0.25, 0.3) is 0 Å². The van der Waals surface area contributed by atoms with Crippen LogP contribution in [0.5, 0.6) is 11.5 Å². The molecular weight excluding hydrogens is 385 g/mol. The normalized spacial score (nSPS) is 14.2. The lowest BCUT2D eigenvalue weighted by molar-refractivity contribution is 0.233. The monoisotopic (exact) mass is 407 g/mol. The molecule has 0 amide bonds. The summed E-state index contributed by atoms with van der Waals surface area (Å²) in [6, 6.07) is 19.0. The minimum Gasteiger partial charge on any atom is -0.457 e. The van der Waals surface area contributed by atoms with Gasteiger partial charge in [-0.3, -0.25) is 4.52 Å². The fourth-order valence-corrected chi connectivity index (χ4v) is 6.90. The molecule has 7 heteroatoms. The van der Waals surface area contributed by atoms with Crippen LogP contribution < -0.4 is 4.74 Å². The highest BCUT2D eigenvalue weighted by Crippen LogP contribution is 2.63. The van der Waals surface area contributed by atoms with Crippen LogP contribution in [0.1, 0.15) is 31.9 Å². The molecule has 0 saturated heterocycles. The Hall–Kier alpha value is -1.35. The average Bonchev–Trinajstić information content (AvgIpc) is 2.66. The summed E-state index contributed by atoms with van der Waals surface area (Å²) in [5.74, 6) is 2.22. The molecule has 2 atom stereocenters. The molecule has 0 fully saturated rings. The maximum Gasteiger partial charge on any atom is 0.248 e. The molecule has 138 valence electrons. The van der Waals surface area contributed by atoms with Crippen molar-refractivity contribution in [1.82, 2.24) is 0 Å². The van der Waals surface area contributed by atoms with E-state index in [1.807, 2.05) is 55.5 Å². The molecule has 0 radical (unpaired) electrons. The highest BCUT2D eigenvalue weighted by Gasteiger charge is 2.26. The second-order valence-corrected chi connectivity index (χ2v) is 11.7. The molecule has 0 N–H and O–H groups in total. The number of rotatable bonds is 10. The van der Waals surface area contributed by atoms with Gasteiger partial charge in [0.1, 0.15) is 11.5 Å². The van der Waals surface area contributed by atoms with Gasteiger partial charge >= 0.3 is 0 Å². The molecule has 4 nitrogen and oxygen atoms in total. The van der Waals surface area contributed by atoms with Crippen LogP contribution in [0.15, 0.2) is 54.6 Å². The Morgan fingerprint density at radius 1 is 1.12 bits per heavy atom. The minimum atomic E-state index is -2.57. The van der Waals surface area contributed by atoms with E-state index in [1.54, 1.807) is 6.07 Å². The van der Waals surface area contributed by atoms with Crippen molar-refractivity contribution in [1.29, 1.82) is 5.26 Å². The molecule has 0 aromatic heterocycles. The molecule has 0 saturated carbocycles. The molecule has 26 heavy (non-hydrogen) atoms. The Morgan fingerprint density at radius 3 is 2.50 bits per heavy atom. The van der Waals surface area contributed by atoms with E-state index >= 15 is 0 Å². The van der Waals surface area contributed by atoms with E-state index < -0.39 is 11.8 Å². The van der Waals surface area contributed by atoms with Gasteiger partial charge in [0.25, 0.3) is 0 Å². The van der Waals surface area contributed by atoms with Crippen LogP contribution in [-0.2, 0) is 20.9 Å². The van der Waals surface area contributed by atoms with Crippen molar-refractivity contribution in [2.45, 2.75) is 26.4 Å². The molecule has 2 unspecified atom stereocenters. The summed E-state index contributed by atoms with van der Waals surface area (Å²) < 4.78 is 17.5. The van der Waals surface area contributed by atoms with E-state index in [-0.39, 0.29) is 0 Å². The number of benzene rings is 2. The molecule has 0 bridgehead atoms. The summed E-state index contributed by atoms with van der Waals surface area (Å²) in [6.07, 6.45) is 0.174. The third-order valence-electron chi connectivity index (χ3n) is 3.23. The van der Waals surface area contributed by atoms with Crippen molar-refractivity contribution < 1.29 is 13.8 Å². The van der Waals surface area contributed by atoms with Gasteiger partial charge in [0.05, 0.1) is 12.7 Å². The zero-order chi connectivity index (χ0) is 18.8. The Morgan fingerprint density at radius 2 is 1.85 bits per heavy atom. The van der Waals surface area contributed by atoms with Gasteiger partial charge in [-0.2, -0.15) is 5.26 Å². The van der Waals surface area contributed by atoms with Crippen molar-refractivity contribution >= 4 is 28.9 Å². The quantitative estimate of drug-likeness (QED) is 0.421. The van der Waals surface area contributed by atoms with Crippen molar-refractivity contribution in [3.05, 3.63) is 60.2 Å². The van der Waals surface area contributed by atoms with E-state index in [0.717, 1.165) is 17.9 Å². The maximum absolute atomic E-state index is 9.61. The number of nitrogens with zero attached hydrogens (tertiary/aromatic N) is 1. The van der Waals surface area contributed by atoms with Crippen LogP contribution in [0.2, 0.25) is 0 Å². The lowest BCUT2D eigenvalue weighted by Crippen LogP contribution is -2.02. The number of hydrogen-bond acceptors (Lipinski definition) is 6. The molecule has 0 aliphatic carbocycles. The van der Waals surface area contributed by atoms with Gasteiger partial charge in [-0.05, 0) is 55.0 Å². The Kier molecular flexibility index (Phi) is 8.64. The first kappa shape index (κ1) is 21.0. The summed E-state index contributed by atoms with van der Waals surface area (Å²) in [4.78, 5) is 0. The summed E-state index contributed by atoms with van der Waals surface area (Å²) >= 11 is 7.09. The van der Waals surface area contributed by atoms with Crippen LogP contribution in [0.3, 0.4) is 0 Å². The first-order valence-corrected chi connectivity index (χ1v) is 12.6. The van der Waals surface area contributed by atoms with Crippen molar-refractivity contribution in [3.8, 4) is 17.6 Å². The fraction of sp³-hybridized carbons (Fsp3) is 0.316. The van der Waals surface area contributed by atoms with Crippen molar-refractivity contribution in [2.24, 2.45) is 0 Å². The van der Waals surface area contributed by atoms with E-state index in [1.165, 1.54) is 11.4 Å². The number of nitriles is 1. The zero-order valence-corrected chi connectivity index (χ0v) is 17.4. The van der Waals surface area contributed by atoms with Gasteiger partial charge in [0, 0.05) is 5.75 Å². The van der Waals surface area contributed by atoms with Gasteiger partial charge in [-0.25, -0.2) is 0 Å².